The van der Waals surface area contributed by atoms with Crippen LogP contribution in [0.25, 0.3) is 11.0 Å². The molecule has 1 aromatic heterocycles. The Balaban J connectivity index is 1.66. The minimum Gasteiger partial charge on any atom is -0.459 e. The summed E-state index contributed by atoms with van der Waals surface area (Å²) in [5.41, 5.74) is 0.875. The molecule has 22 heavy (non-hydrogen) atoms. The normalized spacial score (nSPS) is 15.9. The van der Waals surface area contributed by atoms with Gasteiger partial charge in [0.05, 0.1) is 12.6 Å². The molecule has 0 saturated heterocycles. The molecule has 1 N–H and O–H groups in total. The lowest BCUT2D eigenvalue weighted by Crippen LogP contribution is -2.40. The number of fused-ring (bicyclic) bond motifs is 1. The number of carbonyl (C=O) groups is 1. The Bertz CT molecular complexity index is 612. The van der Waals surface area contributed by atoms with Crippen LogP contribution >= 0.6 is 0 Å². The smallest absolute Gasteiger partial charge is 0.237 e. The number of para-hydroxylation sites is 1. The first kappa shape index (κ1) is 15.1. The number of rotatable bonds is 7. The van der Waals surface area contributed by atoms with Gasteiger partial charge in [0.2, 0.25) is 5.91 Å². The topological polar surface area (TPSA) is 45.5 Å². The fourth-order valence-corrected chi connectivity index (χ4v) is 2.83. The Hall–Kier alpha value is -1.81. The van der Waals surface area contributed by atoms with Gasteiger partial charge in [-0.05, 0) is 51.3 Å². The molecule has 1 aromatic carbocycles. The molecule has 1 heterocycles. The number of benzene rings is 1. The van der Waals surface area contributed by atoms with Crippen molar-refractivity contribution in [1.82, 2.24) is 10.2 Å². The number of nitrogens with one attached hydrogen (secondary N) is 1. The molecule has 1 aliphatic rings. The molecular formula is C18H24N2O2. The van der Waals surface area contributed by atoms with E-state index in [0.29, 0.717) is 13.1 Å². The lowest BCUT2D eigenvalue weighted by molar-refractivity contribution is -0.132. The van der Waals surface area contributed by atoms with Crippen LogP contribution < -0.4 is 5.32 Å². The molecule has 1 saturated carbocycles. The first-order chi connectivity index (χ1) is 10.7. The molecule has 1 atom stereocenters. The fourth-order valence-electron chi connectivity index (χ4n) is 2.83. The second-order valence-electron chi connectivity index (χ2n) is 6.12. The highest BCUT2D eigenvalue weighted by molar-refractivity contribution is 5.80. The van der Waals surface area contributed by atoms with Crippen LogP contribution in [0.15, 0.2) is 34.7 Å². The number of amides is 1. The Kier molecular flexibility index (Phi) is 4.48. The number of carbonyl (C=O) groups excluding carboxylic acids is 1. The molecule has 1 fully saturated rings. The first-order valence-electron chi connectivity index (χ1n) is 8.17. The van der Waals surface area contributed by atoms with Crippen LogP contribution in [-0.4, -0.2) is 30.4 Å². The summed E-state index contributed by atoms with van der Waals surface area (Å²) in [7, 11) is 0. The molecule has 0 bridgehead atoms. The molecule has 1 amide bonds. The van der Waals surface area contributed by atoms with Crippen LogP contribution in [0.4, 0.5) is 0 Å². The number of hydrogen-bond acceptors (Lipinski definition) is 3. The highest BCUT2D eigenvalue weighted by atomic mass is 16.3. The summed E-state index contributed by atoms with van der Waals surface area (Å²) in [5, 5.41) is 4.36. The summed E-state index contributed by atoms with van der Waals surface area (Å²) in [6, 6.07) is 9.94. The van der Waals surface area contributed by atoms with Gasteiger partial charge in [-0.25, -0.2) is 0 Å². The Labute approximate surface area is 131 Å². The van der Waals surface area contributed by atoms with Crippen molar-refractivity contribution < 1.29 is 9.21 Å². The van der Waals surface area contributed by atoms with E-state index in [1.165, 1.54) is 12.8 Å². The average molecular weight is 300 g/mol. The predicted octanol–water partition coefficient (Wildman–Crippen LogP) is 3.34. The molecule has 0 spiro atoms. The molecule has 0 radical (unpaired) electrons. The summed E-state index contributed by atoms with van der Waals surface area (Å²) in [6.45, 7) is 6.09. The van der Waals surface area contributed by atoms with Gasteiger partial charge in [0.15, 0.2) is 0 Å². The molecule has 0 aliphatic heterocycles. The molecule has 118 valence electrons. The number of likely N-dealkylation sites (N-methyl/N-ethyl adjacent to an activating group) is 1. The van der Waals surface area contributed by atoms with Crippen LogP contribution in [0.2, 0.25) is 0 Å². The van der Waals surface area contributed by atoms with E-state index in [1.807, 2.05) is 49.1 Å². The van der Waals surface area contributed by atoms with Crippen molar-refractivity contribution in [2.24, 2.45) is 5.92 Å². The van der Waals surface area contributed by atoms with E-state index in [9.17, 15) is 4.79 Å². The monoisotopic (exact) mass is 300 g/mol. The van der Waals surface area contributed by atoms with Crippen LogP contribution in [0.5, 0.6) is 0 Å². The number of furan rings is 1. The molecule has 4 heteroatoms. The second-order valence-corrected chi connectivity index (χ2v) is 6.12. The summed E-state index contributed by atoms with van der Waals surface area (Å²) < 4.78 is 5.90. The molecule has 4 nitrogen and oxygen atoms in total. The molecule has 2 aromatic rings. The largest absolute Gasteiger partial charge is 0.459 e. The third-order valence-corrected chi connectivity index (χ3v) is 4.39. The third kappa shape index (κ3) is 3.33. The Morgan fingerprint density at radius 1 is 1.41 bits per heavy atom. The summed E-state index contributed by atoms with van der Waals surface area (Å²) in [4.78, 5) is 14.3. The standard InChI is InChI=1S/C18H24N2O2/c1-3-20(18(21)12-19-11-14-8-9-14)13(2)17-10-15-6-4-5-7-16(15)22-17/h4-7,10,13-14,19H,3,8-9,11-12H2,1-2H3. The van der Waals surface area contributed by atoms with Crippen LogP contribution in [0.1, 0.15) is 38.5 Å². The minimum absolute atomic E-state index is 0.0485. The Morgan fingerprint density at radius 3 is 2.86 bits per heavy atom. The van der Waals surface area contributed by atoms with Crippen LogP contribution in [0.3, 0.4) is 0 Å². The van der Waals surface area contributed by atoms with Gasteiger partial charge in [0.25, 0.3) is 0 Å². The fraction of sp³-hybridized carbons (Fsp3) is 0.500. The van der Waals surface area contributed by atoms with Crippen molar-refractivity contribution in [3.8, 4) is 0 Å². The van der Waals surface area contributed by atoms with E-state index in [0.717, 1.165) is 29.2 Å². The number of nitrogens with zero attached hydrogens (tertiary/aromatic N) is 1. The van der Waals surface area contributed by atoms with E-state index in [-0.39, 0.29) is 11.9 Å². The molecule has 1 unspecified atom stereocenters. The Morgan fingerprint density at radius 2 is 2.18 bits per heavy atom. The highest BCUT2D eigenvalue weighted by Crippen LogP contribution is 2.28. The highest BCUT2D eigenvalue weighted by Gasteiger charge is 2.24. The van der Waals surface area contributed by atoms with Gasteiger partial charge in [-0.2, -0.15) is 0 Å². The van der Waals surface area contributed by atoms with Crippen molar-refractivity contribution in [2.45, 2.75) is 32.7 Å². The van der Waals surface area contributed by atoms with Crippen molar-refractivity contribution in [3.05, 3.63) is 36.1 Å². The average Bonchev–Trinajstić information content (AvgIpc) is 3.23. The summed E-state index contributed by atoms with van der Waals surface area (Å²) >= 11 is 0. The minimum atomic E-state index is -0.0485. The van der Waals surface area contributed by atoms with Crippen molar-refractivity contribution in [2.75, 3.05) is 19.6 Å². The van der Waals surface area contributed by atoms with Gasteiger partial charge in [-0.15, -0.1) is 0 Å². The molecule has 1 aliphatic carbocycles. The molecular weight excluding hydrogens is 276 g/mol. The van der Waals surface area contributed by atoms with Gasteiger partial charge in [-0.3, -0.25) is 4.79 Å². The van der Waals surface area contributed by atoms with Crippen LogP contribution in [-0.2, 0) is 4.79 Å². The number of hydrogen-bond donors (Lipinski definition) is 1. The maximum atomic E-state index is 12.4. The zero-order chi connectivity index (χ0) is 15.5. The van der Waals surface area contributed by atoms with Gasteiger partial charge in [0, 0.05) is 11.9 Å². The van der Waals surface area contributed by atoms with E-state index < -0.39 is 0 Å². The maximum absolute atomic E-state index is 12.4. The van der Waals surface area contributed by atoms with Crippen molar-refractivity contribution in [3.63, 3.8) is 0 Å². The first-order valence-corrected chi connectivity index (χ1v) is 8.17. The van der Waals surface area contributed by atoms with E-state index >= 15 is 0 Å². The van der Waals surface area contributed by atoms with Crippen LogP contribution in [0, 0.1) is 5.92 Å². The zero-order valence-corrected chi connectivity index (χ0v) is 13.3. The van der Waals surface area contributed by atoms with Gasteiger partial charge in [0.1, 0.15) is 11.3 Å². The van der Waals surface area contributed by atoms with E-state index in [4.69, 9.17) is 4.42 Å². The lowest BCUT2D eigenvalue weighted by Gasteiger charge is -2.26. The van der Waals surface area contributed by atoms with Crippen molar-refractivity contribution >= 4 is 16.9 Å². The summed E-state index contributed by atoms with van der Waals surface area (Å²) in [6.07, 6.45) is 2.60. The van der Waals surface area contributed by atoms with Gasteiger partial charge >= 0.3 is 0 Å². The quantitative estimate of drug-likeness (QED) is 0.853. The zero-order valence-electron chi connectivity index (χ0n) is 13.3. The summed E-state index contributed by atoms with van der Waals surface area (Å²) in [5.74, 6) is 1.77. The van der Waals surface area contributed by atoms with Crippen molar-refractivity contribution in [1.29, 1.82) is 0 Å². The molecule has 3 rings (SSSR count). The van der Waals surface area contributed by atoms with E-state index in [1.54, 1.807) is 0 Å². The lowest BCUT2D eigenvalue weighted by atomic mass is 10.2. The van der Waals surface area contributed by atoms with Gasteiger partial charge < -0.3 is 14.6 Å². The second kappa shape index (κ2) is 6.53. The third-order valence-electron chi connectivity index (χ3n) is 4.39. The predicted molar refractivity (Wildman–Crippen MR) is 87.6 cm³/mol. The maximum Gasteiger partial charge on any atom is 0.237 e. The van der Waals surface area contributed by atoms with E-state index in [2.05, 4.69) is 5.32 Å². The van der Waals surface area contributed by atoms with Gasteiger partial charge in [-0.1, -0.05) is 18.2 Å². The SMILES string of the molecule is CCN(C(=O)CNCC1CC1)C(C)c1cc2ccccc2o1.